The number of nitrogens with zero attached hydrogens (tertiary/aromatic N) is 4. The summed E-state index contributed by atoms with van der Waals surface area (Å²) in [7, 11) is 0. The minimum Gasteiger partial charge on any atom is -0.363 e. The van der Waals surface area contributed by atoms with E-state index in [2.05, 4.69) is 75.0 Å². The van der Waals surface area contributed by atoms with Gasteiger partial charge in [0, 0.05) is 61.2 Å². The molecular formula is C27H50N4S2. The standard InChI is InChI=1S/C14H26N2S.C13H24N2S/c1-11(2)15-9-7-14(10-15)6-5-8-16(12(3)4)13(14)17;1-10(2)14-7-5-13(9-14)6-8-15(11(3)4)12(13)16/h11-12H,5-10H2,1-4H3;10-11H,5-9H2,1-4H3. The molecule has 0 N–H and O–H groups in total. The van der Waals surface area contributed by atoms with Crippen molar-refractivity contribution in [1.29, 1.82) is 0 Å². The summed E-state index contributed by atoms with van der Waals surface area (Å²) in [5.74, 6) is 0. The SMILES string of the molecule is CC(C)N1CCC2(CCCN(C(C)C)C2=S)C1.CC(C)N1CCC2(CCN(C(C)C)C2=S)C1. The number of hydrogen-bond acceptors (Lipinski definition) is 4. The average Bonchev–Trinajstić information content (AvgIpc) is 3.44. The summed E-state index contributed by atoms with van der Waals surface area (Å²) in [4.78, 5) is 12.6. The van der Waals surface area contributed by atoms with E-state index in [0.717, 1.165) is 0 Å². The maximum atomic E-state index is 5.81. The fourth-order valence-corrected chi connectivity index (χ4v) is 7.52. The van der Waals surface area contributed by atoms with E-state index in [9.17, 15) is 0 Å². The van der Waals surface area contributed by atoms with Crippen LogP contribution < -0.4 is 0 Å². The normalized spacial score (nSPS) is 31.4. The van der Waals surface area contributed by atoms with Gasteiger partial charge in [-0.15, -0.1) is 0 Å². The molecule has 2 spiro atoms. The second-order valence-corrected chi connectivity index (χ2v) is 13.0. The summed E-state index contributed by atoms with van der Waals surface area (Å²) >= 11 is 11.5. The first-order valence-corrected chi connectivity index (χ1v) is 14.3. The van der Waals surface area contributed by atoms with Gasteiger partial charge in [0.15, 0.2) is 0 Å². The molecule has 4 heterocycles. The van der Waals surface area contributed by atoms with E-state index in [1.165, 1.54) is 81.3 Å². The van der Waals surface area contributed by atoms with Gasteiger partial charge >= 0.3 is 0 Å². The Morgan fingerprint density at radius 1 is 0.545 bits per heavy atom. The Hall–Kier alpha value is -0.300. The Morgan fingerprint density at radius 2 is 0.939 bits per heavy atom. The predicted molar refractivity (Wildman–Crippen MR) is 150 cm³/mol. The lowest BCUT2D eigenvalue weighted by molar-refractivity contribution is 0.205. The molecule has 4 saturated heterocycles. The first-order chi connectivity index (χ1) is 15.4. The molecule has 0 bridgehead atoms. The number of hydrogen-bond donors (Lipinski definition) is 0. The van der Waals surface area contributed by atoms with Gasteiger partial charge < -0.3 is 9.80 Å². The van der Waals surface area contributed by atoms with Crippen molar-refractivity contribution in [1.82, 2.24) is 19.6 Å². The van der Waals surface area contributed by atoms with Crippen LogP contribution in [0.1, 0.15) is 87.5 Å². The maximum absolute atomic E-state index is 5.81. The van der Waals surface area contributed by atoms with Crippen molar-refractivity contribution in [3.05, 3.63) is 0 Å². The number of likely N-dealkylation sites (tertiary alicyclic amines) is 4. The molecule has 0 amide bonds. The minimum absolute atomic E-state index is 0.322. The Bertz CT molecular complexity index is 702. The molecule has 0 aromatic carbocycles. The van der Waals surface area contributed by atoms with Crippen molar-refractivity contribution >= 4 is 34.4 Å². The van der Waals surface area contributed by atoms with E-state index in [-0.39, 0.29) is 0 Å². The lowest BCUT2D eigenvalue weighted by Gasteiger charge is -2.44. The lowest BCUT2D eigenvalue weighted by Crippen LogP contribution is -2.51. The number of piperidine rings is 1. The molecule has 0 aromatic rings. The predicted octanol–water partition coefficient (Wildman–Crippen LogP) is 5.45. The maximum Gasteiger partial charge on any atom is 0.0858 e. The second-order valence-electron chi connectivity index (χ2n) is 12.2. The van der Waals surface area contributed by atoms with Crippen LogP contribution in [-0.4, -0.2) is 93.0 Å². The molecule has 190 valence electrons. The largest absolute Gasteiger partial charge is 0.363 e. The summed E-state index contributed by atoms with van der Waals surface area (Å²) < 4.78 is 0. The van der Waals surface area contributed by atoms with Crippen LogP contribution in [-0.2, 0) is 0 Å². The molecule has 4 aliphatic rings. The highest BCUT2D eigenvalue weighted by molar-refractivity contribution is 7.80. The van der Waals surface area contributed by atoms with Crippen LogP contribution in [0.4, 0.5) is 0 Å². The topological polar surface area (TPSA) is 13.0 Å². The van der Waals surface area contributed by atoms with Crippen LogP contribution >= 0.6 is 24.4 Å². The van der Waals surface area contributed by atoms with Crippen LogP contribution in [0.25, 0.3) is 0 Å². The highest BCUT2D eigenvalue weighted by atomic mass is 32.1. The Morgan fingerprint density at radius 3 is 1.30 bits per heavy atom. The van der Waals surface area contributed by atoms with Gasteiger partial charge in [0.2, 0.25) is 0 Å². The van der Waals surface area contributed by atoms with E-state index in [0.29, 0.717) is 35.0 Å². The third kappa shape index (κ3) is 5.59. The first kappa shape index (κ1) is 27.3. The zero-order chi connectivity index (χ0) is 24.6. The Kier molecular flexibility index (Phi) is 8.90. The van der Waals surface area contributed by atoms with Crippen molar-refractivity contribution in [3.8, 4) is 0 Å². The van der Waals surface area contributed by atoms with E-state index in [1.807, 2.05) is 0 Å². The second kappa shape index (κ2) is 10.8. The molecular weight excluding hydrogens is 444 g/mol. The zero-order valence-corrected chi connectivity index (χ0v) is 24.3. The minimum atomic E-state index is 0.322. The zero-order valence-electron chi connectivity index (χ0n) is 22.7. The van der Waals surface area contributed by atoms with Gasteiger partial charge in [-0.1, -0.05) is 24.4 Å². The third-order valence-electron chi connectivity index (χ3n) is 8.79. The monoisotopic (exact) mass is 494 g/mol. The highest BCUT2D eigenvalue weighted by Crippen LogP contribution is 2.43. The van der Waals surface area contributed by atoms with Gasteiger partial charge in [-0.25, -0.2) is 0 Å². The summed E-state index contributed by atoms with van der Waals surface area (Å²) in [6.45, 7) is 25.4. The molecule has 6 heteroatoms. The number of thiocarbonyl (C=S) groups is 2. The summed E-state index contributed by atoms with van der Waals surface area (Å²) in [6, 6.07) is 2.45. The summed E-state index contributed by atoms with van der Waals surface area (Å²) in [5.41, 5.74) is 0.659. The summed E-state index contributed by atoms with van der Waals surface area (Å²) in [5, 5.41) is 0. The van der Waals surface area contributed by atoms with Gasteiger partial charge in [-0.2, -0.15) is 0 Å². The fraction of sp³-hybridized carbons (Fsp3) is 0.926. The lowest BCUT2D eigenvalue weighted by atomic mass is 9.78. The van der Waals surface area contributed by atoms with Gasteiger partial charge in [-0.3, -0.25) is 9.80 Å². The highest BCUT2D eigenvalue weighted by Gasteiger charge is 2.48. The van der Waals surface area contributed by atoms with E-state index >= 15 is 0 Å². The molecule has 0 aliphatic carbocycles. The summed E-state index contributed by atoms with van der Waals surface area (Å²) in [6.07, 6.45) is 6.43. The van der Waals surface area contributed by atoms with Crippen molar-refractivity contribution in [2.24, 2.45) is 10.8 Å². The third-order valence-corrected chi connectivity index (χ3v) is 10.1. The molecule has 0 saturated carbocycles. The van der Waals surface area contributed by atoms with Gasteiger partial charge in [0.1, 0.15) is 0 Å². The van der Waals surface area contributed by atoms with Crippen molar-refractivity contribution in [2.45, 2.75) is 112 Å². The average molecular weight is 495 g/mol. The number of rotatable bonds is 4. The molecule has 0 radical (unpaired) electrons. The molecule has 33 heavy (non-hydrogen) atoms. The molecule has 0 aromatic heterocycles. The van der Waals surface area contributed by atoms with Crippen molar-refractivity contribution < 1.29 is 0 Å². The van der Waals surface area contributed by atoms with Crippen LogP contribution in [0, 0.1) is 10.8 Å². The van der Waals surface area contributed by atoms with Crippen molar-refractivity contribution in [2.75, 3.05) is 39.3 Å². The molecule has 4 fully saturated rings. The molecule has 4 nitrogen and oxygen atoms in total. The van der Waals surface area contributed by atoms with E-state index in [4.69, 9.17) is 24.4 Å². The van der Waals surface area contributed by atoms with Crippen LogP contribution in [0.15, 0.2) is 0 Å². The van der Waals surface area contributed by atoms with Crippen molar-refractivity contribution in [3.63, 3.8) is 0 Å². The molecule has 2 atom stereocenters. The van der Waals surface area contributed by atoms with Gasteiger partial charge in [0.05, 0.1) is 9.98 Å². The van der Waals surface area contributed by atoms with Crippen LogP contribution in [0.3, 0.4) is 0 Å². The molecule has 4 rings (SSSR count). The Labute approximate surface area is 215 Å². The molecule has 4 aliphatic heterocycles. The smallest absolute Gasteiger partial charge is 0.0858 e. The van der Waals surface area contributed by atoms with Gasteiger partial charge in [-0.05, 0) is 101 Å². The molecule has 2 unspecified atom stereocenters. The van der Waals surface area contributed by atoms with E-state index in [1.54, 1.807) is 0 Å². The van der Waals surface area contributed by atoms with Gasteiger partial charge in [0.25, 0.3) is 0 Å². The van der Waals surface area contributed by atoms with Crippen LogP contribution in [0.2, 0.25) is 0 Å². The quantitative estimate of drug-likeness (QED) is 0.479. The fourth-order valence-electron chi connectivity index (χ4n) is 6.38. The Balaban J connectivity index is 0.000000186. The first-order valence-electron chi connectivity index (χ1n) is 13.5. The van der Waals surface area contributed by atoms with Crippen LogP contribution in [0.5, 0.6) is 0 Å². The van der Waals surface area contributed by atoms with E-state index < -0.39 is 0 Å².